The molecular weight excluding hydrogens is 339 g/mol. The molecule has 0 spiro atoms. The molecule has 2 heterocycles. The van der Waals surface area contributed by atoms with Gasteiger partial charge in [0.05, 0.1) is 23.3 Å². The number of thiophene rings is 1. The number of carbonyl (C=O) groups excluding carboxylic acids is 1. The molecule has 0 aliphatic carbocycles. The van der Waals surface area contributed by atoms with Gasteiger partial charge in [0.25, 0.3) is 5.91 Å². The molecule has 0 bridgehead atoms. The lowest BCUT2D eigenvalue weighted by Gasteiger charge is -2.30. The molecule has 1 aromatic heterocycles. The summed E-state index contributed by atoms with van der Waals surface area (Å²) in [6.45, 7) is 0. The third kappa shape index (κ3) is 4.88. The van der Waals surface area contributed by atoms with E-state index < -0.39 is 37.1 Å². The number of carboxylic acids is 1. The van der Waals surface area contributed by atoms with E-state index in [9.17, 15) is 19.4 Å². The van der Waals surface area contributed by atoms with Crippen molar-refractivity contribution in [1.29, 1.82) is 0 Å². The summed E-state index contributed by atoms with van der Waals surface area (Å²) >= 11 is 1.16. The zero-order valence-electron chi connectivity index (χ0n) is 12.4. The molecule has 0 unspecified atom stereocenters. The zero-order chi connectivity index (χ0) is 17.7. The van der Waals surface area contributed by atoms with Crippen LogP contribution in [0.4, 0.5) is 4.79 Å². The Kier molecular flexibility index (Phi) is 6.07. The molecule has 9 nitrogen and oxygen atoms in total. The second-order valence-corrected chi connectivity index (χ2v) is 6.07. The number of hydrogen-bond donors (Lipinski definition) is 4. The number of carbonyl (C=O) groups is 3. The zero-order valence-corrected chi connectivity index (χ0v) is 13.2. The van der Waals surface area contributed by atoms with E-state index >= 15 is 0 Å². The third-order valence-corrected chi connectivity index (χ3v) is 4.25. The van der Waals surface area contributed by atoms with Gasteiger partial charge in [-0.25, -0.2) is 4.79 Å². The number of nitrogens with one attached hydrogen (secondary N) is 1. The van der Waals surface area contributed by atoms with Crippen LogP contribution < -0.4 is 5.32 Å². The summed E-state index contributed by atoms with van der Waals surface area (Å²) in [5.41, 5.74) is -0.266. The minimum atomic E-state index is -1.50. The Bertz CT molecular complexity index is 649. The Morgan fingerprint density at radius 2 is 2.12 bits per heavy atom. The van der Waals surface area contributed by atoms with Crippen LogP contribution in [0, 0.1) is 0 Å². The monoisotopic (exact) mass is 354 g/mol. The van der Waals surface area contributed by atoms with E-state index in [2.05, 4.69) is 10.3 Å². The first kappa shape index (κ1) is 18.1. The molecule has 1 aliphatic rings. The first-order valence-corrected chi connectivity index (χ1v) is 7.96. The summed E-state index contributed by atoms with van der Waals surface area (Å²) in [6.07, 6.45) is -1.72. The van der Waals surface area contributed by atoms with Gasteiger partial charge in [-0.1, -0.05) is 6.07 Å². The van der Waals surface area contributed by atoms with Crippen molar-refractivity contribution in [2.75, 3.05) is 0 Å². The van der Waals surface area contributed by atoms with E-state index in [1.54, 1.807) is 17.5 Å². The Balaban J connectivity index is 2.03. The highest BCUT2D eigenvalue weighted by atomic mass is 32.1. The molecule has 128 valence electrons. The lowest BCUT2D eigenvalue weighted by atomic mass is 9.72. The van der Waals surface area contributed by atoms with Crippen molar-refractivity contribution < 1.29 is 34.3 Å². The van der Waals surface area contributed by atoms with Gasteiger partial charge in [-0.15, -0.1) is 11.3 Å². The van der Waals surface area contributed by atoms with Gasteiger partial charge in [-0.2, -0.15) is 4.99 Å². The maximum absolute atomic E-state index is 12.3. The maximum Gasteiger partial charge on any atom is 0.478 e. The fourth-order valence-corrected chi connectivity index (χ4v) is 3.03. The SMILES string of the molecule is O=C(O)C[C@@H]1CC[C@H](NC(=O)C(=NC(=O)O)c2cccs2)B(O)O1. The summed E-state index contributed by atoms with van der Waals surface area (Å²) in [5, 5.41) is 31.6. The van der Waals surface area contributed by atoms with Crippen molar-refractivity contribution in [3.05, 3.63) is 22.4 Å². The molecule has 11 heteroatoms. The summed E-state index contributed by atoms with van der Waals surface area (Å²) in [4.78, 5) is 37.4. The molecule has 2 amide bonds. The van der Waals surface area contributed by atoms with E-state index in [0.717, 1.165) is 11.3 Å². The highest BCUT2D eigenvalue weighted by molar-refractivity contribution is 7.13. The average molecular weight is 354 g/mol. The number of aliphatic carboxylic acids is 1. The van der Waals surface area contributed by atoms with Crippen molar-refractivity contribution in [2.45, 2.75) is 31.3 Å². The predicted molar refractivity (Wildman–Crippen MR) is 85.1 cm³/mol. The average Bonchev–Trinajstić information content (AvgIpc) is 3.00. The quantitative estimate of drug-likeness (QED) is 0.441. The summed E-state index contributed by atoms with van der Waals surface area (Å²) in [6, 6.07) is 3.21. The van der Waals surface area contributed by atoms with Crippen molar-refractivity contribution in [2.24, 2.45) is 4.99 Å². The smallest absolute Gasteiger partial charge is 0.478 e. The van der Waals surface area contributed by atoms with Crippen LogP contribution in [-0.2, 0) is 14.2 Å². The number of aliphatic imine (C=N–C) groups is 1. The van der Waals surface area contributed by atoms with Gasteiger partial charge in [0, 0.05) is 0 Å². The van der Waals surface area contributed by atoms with Crippen molar-refractivity contribution in [3.63, 3.8) is 0 Å². The second kappa shape index (κ2) is 8.04. The minimum Gasteiger partial charge on any atom is -0.481 e. The topological polar surface area (TPSA) is 146 Å². The molecule has 2 rings (SSSR count). The molecule has 1 saturated heterocycles. The largest absolute Gasteiger partial charge is 0.481 e. The number of hydrogen-bond acceptors (Lipinski definition) is 6. The van der Waals surface area contributed by atoms with Gasteiger partial charge >= 0.3 is 19.2 Å². The van der Waals surface area contributed by atoms with E-state index in [4.69, 9.17) is 14.9 Å². The molecular formula is C13H15BN2O7S. The Morgan fingerprint density at radius 1 is 1.38 bits per heavy atom. The van der Waals surface area contributed by atoms with Gasteiger partial charge in [0.15, 0.2) is 5.71 Å². The van der Waals surface area contributed by atoms with Crippen molar-refractivity contribution in [1.82, 2.24) is 5.32 Å². The number of carboxylic acid groups (broad SMARTS) is 2. The highest BCUT2D eigenvalue weighted by Gasteiger charge is 2.37. The van der Waals surface area contributed by atoms with Crippen LogP contribution in [0.3, 0.4) is 0 Å². The molecule has 2 atom stereocenters. The van der Waals surface area contributed by atoms with Crippen LogP contribution >= 0.6 is 11.3 Å². The highest BCUT2D eigenvalue weighted by Crippen LogP contribution is 2.19. The van der Waals surface area contributed by atoms with Crippen LogP contribution in [0.25, 0.3) is 0 Å². The van der Waals surface area contributed by atoms with Crippen LogP contribution in [0.5, 0.6) is 0 Å². The summed E-state index contributed by atoms with van der Waals surface area (Å²) < 4.78 is 5.17. The Hall–Kier alpha value is -2.24. The van der Waals surface area contributed by atoms with E-state index in [1.165, 1.54) is 0 Å². The fourth-order valence-electron chi connectivity index (χ4n) is 2.32. The van der Waals surface area contributed by atoms with Crippen LogP contribution in [0.15, 0.2) is 22.5 Å². The summed E-state index contributed by atoms with van der Waals surface area (Å²) in [5.74, 6) is -2.56. The van der Waals surface area contributed by atoms with E-state index in [-0.39, 0.29) is 12.1 Å². The standard InChI is InChI=1S/C13H15BN2O7S/c17-10(18)6-7-3-4-9(14(22)23-7)15-12(19)11(16-13(20)21)8-2-1-5-24-8/h1-2,5,7,9,22H,3-4,6H2,(H,15,19)(H,17,18)(H,20,21)/t7-,9-/m0/s1. The van der Waals surface area contributed by atoms with E-state index in [0.29, 0.717) is 17.7 Å². The number of nitrogens with zero attached hydrogens (tertiary/aromatic N) is 1. The van der Waals surface area contributed by atoms with E-state index in [1.807, 2.05) is 0 Å². The van der Waals surface area contributed by atoms with Gasteiger partial charge in [0.2, 0.25) is 0 Å². The maximum atomic E-state index is 12.3. The first-order chi connectivity index (χ1) is 11.4. The Labute approximate surface area is 141 Å². The van der Waals surface area contributed by atoms with Gasteiger partial charge < -0.3 is 25.2 Å². The molecule has 0 saturated carbocycles. The van der Waals surface area contributed by atoms with Crippen molar-refractivity contribution in [3.8, 4) is 0 Å². The molecule has 4 N–H and O–H groups in total. The van der Waals surface area contributed by atoms with Crippen LogP contribution in [-0.4, -0.2) is 58.1 Å². The molecule has 0 aromatic carbocycles. The lowest BCUT2D eigenvalue weighted by Crippen LogP contribution is -2.54. The summed E-state index contributed by atoms with van der Waals surface area (Å²) in [7, 11) is -1.37. The lowest BCUT2D eigenvalue weighted by molar-refractivity contribution is -0.139. The van der Waals surface area contributed by atoms with Crippen LogP contribution in [0.2, 0.25) is 0 Å². The van der Waals surface area contributed by atoms with Gasteiger partial charge in [-0.05, 0) is 24.3 Å². The number of rotatable bonds is 5. The normalized spacial score (nSPS) is 21.4. The molecule has 0 radical (unpaired) electrons. The predicted octanol–water partition coefficient (Wildman–Crippen LogP) is 0.373. The molecule has 24 heavy (non-hydrogen) atoms. The number of amides is 2. The Morgan fingerprint density at radius 3 is 2.67 bits per heavy atom. The third-order valence-electron chi connectivity index (χ3n) is 3.37. The minimum absolute atomic E-state index is 0.237. The fraction of sp³-hybridized carbons (Fsp3) is 0.385. The first-order valence-electron chi connectivity index (χ1n) is 7.08. The van der Waals surface area contributed by atoms with Crippen molar-refractivity contribution >= 4 is 42.1 Å². The molecule has 1 aromatic rings. The molecule has 1 aliphatic heterocycles. The second-order valence-electron chi connectivity index (χ2n) is 5.12. The van der Waals surface area contributed by atoms with Crippen LogP contribution in [0.1, 0.15) is 24.1 Å². The molecule has 1 fully saturated rings. The van der Waals surface area contributed by atoms with Gasteiger partial charge in [-0.3, -0.25) is 9.59 Å². The van der Waals surface area contributed by atoms with Gasteiger partial charge in [0.1, 0.15) is 0 Å².